The number of alkyl halides is 6. The molecular weight excluding hydrogens is 1620 g/mol. The number of rotatable bonds is 16. The summed E-state index contributed by atoms with van der Waals surface area (Å²) in [6, 6.07) is -2.62. The fourth-order valence-corrected chi connectivity index (χ4v) is 19.2. The Hall–Kier alpha value is -9.19. The van der Waals surface area contributed by atoms with Gasteiger partial charge >= 0.3 is 17.5 Å². The van der Waals surface area contributed by atoms with Gasteiger partial charge in [-0.1, -0.05) is 61.8 Å². The third-order valence-corrected chi connectivity index (χ3v) is 23.6. The van der Waals surface area contributed by atoms with Crippen LogP contribution in [-0.2, 0) is 0 Å². The van der Waals surface area contributed by atoms with Crippen LogP contribution in [-0.4, -0.2) is 29.8 Å². The molecule has 111 heavy (non-hydrogen) atoms. The lowest BCUT2D eigenvalue weighted by atomic mass is 9.01. The molecule has 13 rings (SSSR count). The van der Waals surface area contributed by atoms with E-state index in [0.717, 1.165) is 0 Å². The Balaban J connectivity index is 0.000000323. The summed E-state index contributed by atoms with van der Waals surface area (Å²) in [4.78, 5) is 0. The molecule has 40 heteroatoms. The second-order valence-electron chi connectivity index (χ2n) is 26.1. The summed E-state index contributed by atoms with van der Waals surface area (Å²) >= 11 is 0. The first kappa shape index (κ1) is 81.3. The first-order valence-electron chi connectivity index (χ1n) is 31.8. The zero-order chi connectivity index (χ0) is 82.4. The van der Waals surface area contributed by atoms with Crippen molar-refractivity contribution >= 4 is 19.4 Å². The van der Waals surface area contributed by atoms with Gasteiger partial charge in [-0.15, -0.1) is 23.3 Å². The summed E-state index contributed by atoms with van der Waals surface area (Å²) < 4.78 is 603. The van der Waals surface area contributed by atoms with Gasteiger partial charge in [-0.3, -0.25) is 0 Å². The van der Waals surface area contributed by atoms with Crippen molar-refractivity contribution in [2.45, 2.75) is 99.6 Å². The quantitative estimate of drug-likeness (QED) is 0.0226. The molecule has 0 heterocycles. The van der Waals surface area contributed by atoms with Crippen molar-refractivity contribution in [2.24, 2.45) is 0 Å². The van der Waals surface area contributed by atoms with Crippen molar-refractivity contribution in [3.8, 4) is 44.5 Å². The van der Waals surface area contributed by atoms with Crippen LogP contribution in [0.5, 0.6) is 0 Å². The lowest BCUT2D eigenvalue weighted by Gasteiger charge is -2.60. The molecule has 4 aliphatic rings. The van der Waals surface area contributed by atoms with Gasteiger partial charge in [0, 0.05) is 57.0 Å². The number of benzene rings is 9. The second kappa shape index (κ2) is 27.9. The van der Waals surface area contributed by atoms with Crippen LogP contribution in [0.15, 0.2) is 30.3 Å². The maximum atomic E-state index is 17.7. The van der Waals surface area contributed by atoms with E-state index in [2.05, 4.69) is 0 Å². The average molecular weight is 1650 g/mol. The van der Waals surface area contributed by atoms with Gasteiger partial charge in [-0.25, -0.2) is 136 Å². The van der Waals surface area contributed by atoms with Gasteiger partial charge in [0.2, 0.25) is 11.6 Å². The summed E-state index contributed by atoms with van der Waals surface area (Å²) in [6.45, 7) is 3.21. The van der Waals surface area contributed by atoms with Gasteiger partial charge in [0.25, 0.3) is 0 Å². The fourth-order valence-electron chi connectivity index (χ4n) is 16.3. The van der Waals surface area contributed by atoms with E-state index in [1.165, 1.54) is 6.92 Å². The predicted octanol–water partition coefficient (Wildman–Crippen LogP) is 24.5. The van der Waals surface area contributed by atoms with Crippen LogP contribution in [0.3, 0.4) is 0 Å². The van der Waals surface area contributed by atoms with Gasteiger partial charge < -0.3 is 0 Å². The van der Waals surface area contributed by atoms with E-state index in [0.29, 0.717) is 12.8 Å². The Morgan fingerprint density at radius 3 is 0.766 bits per heavy atom. The van der Waals surface area contributed by atoms with E-state index in [-0.39, 0.29) is 25.3 Å². The molecule has 5 unspecified atom stereocenters. The highest BCUT2D eigenvalue weighted by atomic mass is 31.1. The Kier molecular flexibility index (Phi) is 20.4. The highest BCUT2D eigenvalue weighted by Crippen LogP contribution is 2.74. The normalized spacial score (nSPS) is 16.8. The summed E-state index contributed by atoms with van der Waals surface area (Å²) in [5.74, 6) is -123. The van der Waals surface area contributed by atoms with Gasteiger partial charge in [0.1, 0.15) is 13.2 Å². The Bertz CT molecular complexity index is 4990. The molecule has 0 fully saturated rings. The minimum atomic E-state index is -6.62. The first-order chi connectivity index (χ1) is 51.7. The van der Waals surface area contributed by atoms with Crippen molar-refractivity contribution in [2.75, 3.05) is 6.16 Å². The summed E-state index contributed by atoms with van der Waals surface area (Å²) in [5, 5.41) is -1.50. The van der Waals surface area contributed by atoms with Crippen LogP contribution in [0.2, 0.25) is 0 Å². The molecule has 0 aliphatic heterocycles. The van der Waals surface area contributed by atoms with Crippen LogP contribution < -0.4 is 5.30 Å². The number of halogens is 38. The summed E-state index contributed by atoms with van der Waals surface area (Å²) in [7, 11) is -4.31. The molecule has 0 saturated heterocycles. The van der Waals surface area contributed by atoms with Crippen LogP contribution in [0.1, 0.15) is 127 Å². The molecule has 9 aromatic rings. The number of hydrogen-bond acceptors (Lipinski definition) is 0. The number of hydrogen-bond donors (Lipinski definition) is 0. The molecule has 9 aromatic carbocycles. The molecule has 5 atom stereocenters. The van der Waals surface area contributed by atoms with Crippen LogP contribution in [0, 0.1) is 186 Å². The molecule has 0 saturated carbocycles. The molecule has 0 spiro atoms. The van der Waals surface area contributed by atoms with E-state index in [9.17, 15) is 43.9 Å². The molecule has 0 nitrogen and oxygen atoms in total. The zero-order valence-electron chi connectivity index (χ0n) is 54.3. The molecule has 0 radical (unpaired) electrons. The SMILES string of the molecule is CCCCCCC(F)(F)C(F)(F)C(F)(F)[PH+](CCCC)c1cc(F)c(F)c(F)c1F.Fc1cc2c(c(F)c1F)-c1c(F)c(F)c(F)c(F)c1C2[B-](C1c2cc(F)c(F)c(F)c2-c2c(F)c(F)c(F)c(F)c21)(C1c2cc(F)c(F)c(F)c2-c2c(F)c(F)c(F)c(F)c21)C1c2cc(F)c(F)c(F)c2-c2c(F)c(F)c(F)c(F)c21. The molecular formula is C71H32BF38P. The highest BCUT2D eigenvalue weighted by Gasteiger charge is 2.78. The minimum absolute atomic E-state index is 0.129. The van der Waals surface area contributed by atoms with E-state index in [1.807, 2.05) is 0 Å². The third kappa shape index (κ3) is 11.1. The molecule has 0 aromatic heterocycles. The van der Waals surface area contributed by atoms with Gasteiger partial charge in [-0.05, 0) is 59.4 Å². The third-order valence-electron chi connectivity index (χ3n) is 20.7. The molecule has 4 aliphatic carbocycles. The lowest BCUT2D eigenvalue weighted by molar-refractivity contribution is -0.280. The van der Waals surface area contributed by atoms with Crippen molar-refractivity contribution in [1.29, 1.82) is 0 Å². The fraction of sp³-hybridized carbons (Fsp3) is 0.239. The van der Waals surface area contributed by atoms with Crippen molar-refractivity contribution in [3.63, 3.8) is 0 Å². The summed E-state index contributed by atoms with van der Waals surface area (Å²) in [6.07, 6.45) is -8.32. The second-order valence-corrected chi connectivity index (χ2v) is 28.8. The molecule has 0 bridgehead atoms. The average Bonchev–Trinajstić information content (AvgIpc) is 1.48. The number of fused-ring (bicyclic) bond motifs is 12. The standard InChI is InChI=1S/C52H8BF28.C19H23F10P/c54-9-1-5-13(33(62)29(9)58)17-21(41(70)49(78)45(74)37(17)66)25(5)53(26-6-2-10(55)30(59)34(63)14(6)18-22(26)42(71)50(79)46(75)38(18)67,27-7-3-11(56)31(60)35(64)15(7)19-23(27)43(72)51(80)47(76)39(19)68)28-8-4-12(57)32(61)36(65)16(8)20-24(28)44(73)52(81)48(77)40(20)69;1-3-5-7-8-9-17(24,25)18(26,27)19(28,29)30(10-6-4-2)13-11-12(20)14(21)16(23)15(13)22/h1-4,25-28H;11H,3-10H2,1-2H3/q-1;/p+1. The van der Waals surface area contributed by atoms with E-state index in [1.54, 1.807) is 6.92 Å². The predicted molar refractivity (Wildman–Crippen MR) is 317 cm³/mol. The van der Waals surface area contributed by atoms with Crippen LogP contribution >= 0.6 is 7.92 Å². The molecule has 0 amide bonds. The van der Waals surface area contributed by atoms with Crippen LogP contribution in [0.25, 0.3) is 44.5 Å². The van der Waals surface area contributed by atoms with Crippen LogP contribution in [0.4, 0.5) is 167 Å². The zero-order valence-corrected chi connectivity index (χ0v) is 55.3. The monoisotopic (exact) mass is 1650 g/mol. The van der Waals surface area contributed by atoms with E-state index >= 15 is 123 Å². The number of unbranched alkanes of at least 4 members (excludes halogenated alkanes) is 4. The molecule has 590 valence electrons. The topological polar surface area (TPSA) is 0 Å². The van der Waals surface area contributed by atoms with Crippen molar-refractivity contribution < 1.29 is 167 Å². The maximum absolute atomic E-state index is 17.7. The molecule has 0 N–H and O–H groups in total. The Morgan fingerprint density at radius 2 is 0.495 bits per heavy atom. The Morgan fingerprint density at radius 1 is 0.261 bits per heavy atom. The van der Waals surface area contributed by atoms with E-state index in [4.69, 9.17) is 0 Å². The van der Waals surface area contributed by atoms with Crippen molar-refractivity contribution in [3.05, 3.63) is 261 Å². The first-order valence-corrected chi connectivity index (χ1v) is 33.5. The van der Waals surface area contributed by atoms with Crippen molar-refractivity contribution in [1.82, 2.24) is 0 Å². The van der Waals surface area contributed by atoms with Gasteiger partial charge in [0.15, 0.2) is 175 Å². The van der Waals surface area contributed by atoms with E-state index < -0.39 is 379 Å². The maximum Gasteiger partial charge on any atom is 0.424 e. The highest BCUT2D eigenvalue weighted by molar-refractivity contribution is 7.66. The van der Waals surface area contributed by atoms with Gasteiger partial charge in [0.05, 0.1) is 12.3 Å². The Labute approximate surface area is 596 Å². The lowest BCUT2D eigenvalue weighted by Crippen LogP contribution is -2.59. The largest absolute Gasteiger partial charge is 0.424 e. The minimum Gasteiger partial charge on any atom is -0.204 e. The smallest absolute Gasteiger partial charge is 0.204 e. The van der Waals surface area contributed by atoms with Gasteiger partial charge in [-0.2, -0.15) is 30.7 Å². The summed E-state index contributed by atoms with van der Waals surface area (Å²) in [5.41, 5.74) is -43.4.